The number of hydrogen-bond acceptors (Lipinski definition) is 5. The summed E-state index contributed by atoms with van der Waals surface area (Å²) in [7, 11) is 1.13. The van der Waals surface area contributed by atoms with Crippen LogP contribution in [0.15, 0.2) is 23.1 Å². The van der Waals surface area contributed by atoms with E-state index in [0.717, 1.165) is 6.07 Å². The number of benzene rings is 1. The molecule has 0 atom stereocenters. The lowest BCUT2D eigenvalue weighted by atomic mass is 10.2. The van der Waals surface area contributed by atoms with Gasteiger partial charge < -0.3 is 4.74 Å². The molecule has 0 radical (unpaired) electrons. The molecule has 1 aromatic carbocycles. The van der Waals surface area contributed by atoms with Gasteiger partial charge in [0.15, 0.2) is 0 Å². The Morgan fingerprint density at radius 3 is 2.50 bits per heavy atom. The number of ether oxygens (including phenoxy) is 1. The molecule has 0 N–H and O–H groups in total. The molecule has 8 heteroatoms. The van der Waals surface area contributed by atoms with Crippen LogP contribution in [0, 0.1) is 16.0 Å². The Morgan fingerprint density at radius 1 is 1.44 bits per heavy atom. The maximum absolute atomic E-state index is 11.3. The van der Waals surface area contributed by atoms with Crippen LogP contribution in [0.1, 0.15) is 13.8 Å². The van der Waals surface area contributed by atoms with Crippen molar-refractivity contribution in [1.82, 2.24) is 0 Å². The molecule has 0 fully saturated rings. The summed E-state index contributed by atoms with van der Waals surface area (Å²) in [5.41, 5.74) is -0.355. The van der Waals surface area contributed by atoms with Crippen molar-refractivity contribution in [3.8, 4) is 5.75 Å². The highest BCUT2D eigenvalue weighted by atomic mass is 35.7. The second-order valence-corrected chi connectivity index (χ2v) is 6.57. The molecule has 0 saturated carbocycles. The summed E-state index contributed by atoms with van der Waals surface area (Å²) < 4.78 is 27.9. The molecule has 0 bridgehead atoms. The highest BCUT2D eigenvalue weighted by Gasteiger charge is 2.21. The molecule has 0 spiro atoms. The minimum Gasteiger partial charge on any atom is -0.492 e. The van der Waals surface area contributed by atoms with Crippen LogP contribution in [0.25, 0.3) is 0 Å². The molecular weight excluding hydrogens is 282 g/mol. The van der Waals surface area contributed by atoms with E-state index in [-0.39, 0.29) is 28.9 Å². The lowest BCUT2D eigenvalue weighted by Gasteiger charge is -2.11. The maximum atomic E-state index is 11.3. The van der Waals surface area contributed by atoms with Crippen LogP contribution in [0.2, 0.25) is 0 Å². The first kappa shape index (κ1) is 14.7. The van der Waals surface area contributed by atoms with Crippen molar-refractivity contribution in [2.45, 2.75) is 18.7 Å². The van der Waals surface area contributed by atoms with Crippen LogP contribution in [0.4, 0.5) is 5.69 Å². The second kappa shape index (κ2) is 5.53. The first-order valence-electron chi connectivity index (χ1n) is 5.07. The van der Waals surface area contributed by atoms with Crippen molar-refractivity contribution >= 4 is 25.4 Å². The fraction of sp³-hybridized carbons (Fsp3) is 0.400. The summed E-state index contributed by atoms with van der Waals surface area (Å²) in [6, 6.07) is 3.29. The van der Waals surface area contributed by atoms with E-state index in [1.54, 1.807) is 0 Å². The van der Waals surface area contributed by atoms with Crippen molar-refractivity contribution in [2.24, 2.45) is 5.92 Å². The highest BCUT2D eigenvalue weighted by Crippen LogP contribution is 2.31. The van der Waals surface area contributed by atoms with Gasteiger partial charge in [-0.2, -0.15) is 0 Å². The van der Waals surface area contributed by atoms with Crippen LogP contribution < -0.4 is 4.74 Å². The van der Waals surface area contributed by atoms with Gasteiger partial charge in [0.05, 0.1) is 11.5 Å². The summed E-state index contributed by atoms with van der Waals surface area (Å²) in [4.78, 5) is 9.50. The average molecular weight is 294 g/mol. The van der Waals surface area contributed by atoms with Gasteiger partial charge >= 0.3 is 0 Å². The van der Waals surface area contributed by atoms with Crippen LogP contribution in [0.5, 0.6) is 5.75 Å². The van der Waals surface area contributed by atoms with Crippen LogP contribution >= 0.6 is 10.7 Å². The summed E-state index contributed by atoms with van der Waals surface area (Å²) in [5, 5.41) is 10.6. The summed E-state index contributed by atoms with van der Waals surface area (Å²) in [6.07, 6.45) is 0. The number of non-ortho nitro benzene ring substituents is 1. The Kier molecular flexibility index (Phi) is 4.53. The van der Waals surface area contributed by atoms with Gasteiger partial charge in [-0.1, -0.05) is 13.8 Å². The van der Waals surface area contributed by atoms with Crippen molar-refractivity contribution in [3.63, 3.8) is 0 Å². The van der Waals surface area contributed by atoms with E-state index in [1.807, 2.05) is 13.8 Å². The Morgan fingerprint density at radius 2 is 2.06 bits per heavy atom. The molecule has 18 heavy (non-hydrogen) atoms. The van der Waals surface area contributed by atoms with Gasteiger partial charge in [0, 0.05) is 22.8 Å². The van der Waals surface area contributed by atoms with Crippen molar-refractivity contribution < 1.29 is 18.1 Å². The van der Waals surface area contributed by atoms with Gasteiger partial charge in [-0.05, 0) is 12.0 Å². The van der Waals surface area contributed by atoms with Gasteiger partial charge in [-0.15, -0.1) is 0 Å². The normalized spacial score (nSPS) is 11.6. The number of hydrogen-bond donors (Lipinski definition) is 0. The maximum Gasteiger partial charge on any atom is 0.271 e. The topological polar surface area (TPSA) is 86.5 Å². The third-order valence-corrected chi connectivity index (χ3v) is 3.32. The van der Waals surface area contributed by atoms with E-state index >= 15 is 0 Å². The molecule has 0 aromatic heterocycles. The van der Waals surface area contributed by atoms with Crippen LogP contribution in [0.3, 0.4) is 0 Å². The van der Waals surface area contributed by atoms with E-state index in [2.05, 4.69) is 0 Å². The highest BCUT2D eigenvalue weighted by molar-refractivity contribution is 8.13. The molecule has 0 heterocycles. The van der Waals surface area contributed by atoms with Gasteiger partial charge in [-0.25, -0.2) is 8.42 Å². The summed E-state index contributed by atoms with van der Waals surface area (Å²) in [5.74, 6) is 0.204. The molecule has 0 saturated heterocycles. The smallest absolute Gasteiger partial charge is 0.271 e. The first-order chi connectivity index (χ1) is 8.21. The predicted octanol–water partition coefficient (Wildman–Crippen LogP) is 2.56. The Balaban J connectivity index is 3.22. The molecular formula is C10H12ClNO5S. The van der Waals surface area contributed by atoms with Crippen molar-refractivity contribution in [1.29, 1.82) is 0 Å². The van der Waals surface area contributed by atoms with Crippen molar-refractivity contribution in [3.05, 3.63) is 28.3 Å². The molecule has 0 amide bonds. The quantitative estimate of drug-likeness (QED) is 0.473. The zero-order chi connectivity index (χ0) is 13.9. The zero-order valence-corrected chi connectivity index (χ0v) is 11.4. The summed E-state index contributed by atoms with van der Waals surface area (Å²) >= 11 is 0. The molecule has 1 aromatic rings. The minimum atomic E-state index is -4.09. The fourth-order valence-electron chi connectivity index (χ4n) is 1.18. The molecule has 6 nitrogen and oxygen atoms in total. The number of nitro groups is 1. The molecule has 100 valence electrons. The third-order valence-electron chi connectivity index (χ3n) is 1.97. The molecule has 0 unspecified atom stereocenters. The number of nitrogens with zero attached hydrogens (tertiary/aromatic N) is 1. The zero-order valence-electron chi connectivity index (χ0n) is 9.79. The predicted molar refractivity (Wildman–Crippen MR) is 66.5 cm³/mol. The van der Waals surface area contributed by atoms with E-state index in [1.165, 1.54) is 12.1 Å². The average Bonchev–Trinajstić information content (AvgIpc) is 2.24. The molecule has 0 aliphatic carbocycles. The SMILES string of the molecule is CC(C)COc1ccc([N+](=O)[O-])cc1S(=O)(=O)Cl. The van der Waals surface area contributed by atoms with E-state index in [0.29, 0.717) is 0 Å². The molecule has 1 rings (SSSR count). The van der Waals surface area contributed by atoms with E-state index < -0.39 is 14.0 Å². The number of rotatable bonds is 5. The largest absolute Gasteiger partial charge is 0.492 e. The van der Waals surface area contributed by atoms with E-state index in [9.17, 15) is 18.5 Å². The molecule has 0 aliphatic heterocycles. The lowest BCUT2D eigenvalue weighted by Crippen LogP contribution is -2.07. The van der Waals surface area contributed by atoms with Crippen LogP contribution in [-0.2, 0) is 9.05 Å². The number of nitro benzene ring substituents is 1. The Hall–Kier alpha value is -1.34. The first-order valence-corrected chi connectivity index (χ1v) is 7.38. The summed E-state index contributed by atoms with van der Waals surface area (Å²) in [6.45, 7) is 4.07. The standard InChI is InChI=1S/C10H12ClNO5S/c1-7(2)6-17-9-4-3-8(12(13)14)5-10(9)18(11,15)16/h3-5,7H,6H2,1-2H3. The third kappa shape index (κ3) is 3.85. The van der Waals surface area contributed by atoms with Crippen molar-refractivity contribution in [2.75, 3.05) is 6.61 Å². The van der Waals surface area contributed by atoms with Gasteiger partial charge in [-0.3, -0.25) is 10.1 Å². The van der Waals surface area contributed by atoms with E-state index in [4.69, 9.17) is 15.4 Å². The van der Waals surface area contributed by atoms with Gasteiger partial charge in [0.2, 0.25) is 0 Å². The van der Waals surface area contributed by atoms with Gasteiger partial charge in [0.1, 0.15) is 10.6 Å². The molecule has 0 aliphatic rings. The second-order valence-electron chi connectivity index (χ2n) is 4.03. The van der Waals surface area contributed by atoms with Gasteiger partial charge in [0.25, 0.3) is 14.7 Å². The monoisotopic (exact) mass is 293 g/mol. The Labute approximate surface area is 109 Å². The number of halogens is 1. The van der Waals surface area contributed by atoms with Crippen LogP contribution in [-0.4, -0.2) is 19.9 Å². The lowest BCUT2D eigenvalue weighted by molar-refractivity contribution is -0.385. The Bertz CT molecular complexity index is 555. The fourth-order valence-corrected chi connectivity index (χ4v) is 2.17. The minimum absolute atomic E-state index is 0.0179.